The van der Waals surface area contributed by atoms with E-state index < -0.39 is 0 Å². The number of rotatable bonds is 5. The van der Waals surface area contributed by atoms with Crippen LogP contribution in [0.5, 0.6) is 0 Å². The second kappa shape index (κ2) is 5.75. The third-order valence-electron chi connectivity index (χ3n) is 2.66. The first-order valence-corrected chi connectivity index (χ1v) is 5.97. The standard InChI is InChI=1S/C14H18N2O/c1-2-17-10-12(15)9-13-8-7-11-5-3-4-6-14(11)16-13/h3-8,12H,2,9-10,15H2,1H3. The van der Waals surface area contributed by atoms with Gasteiger partial charge in [-0.3, -0.25) is 4.98 Å². The smallest absolute Gasteiger partial charge is 0.0705 e. The van der Waals surface area contributed by atoms with E-state index in [0.29, 0.717) is 13.2 Å². The molecule has 0 radical (unpaired) electrons. The fourth-order valence-corrected chi connectivity index (χ4v) is 1.82. The van der Waals surface area contributed by atoms with Crippen LogP contribution in [0.2, 0.25) is 0 Å². The van der Waals surface area contributed by atoms with E-state index in [1.54, 1.807) is 0 Å². The summed E-state index contributed by atoms with van der Waals surface area (Å²) in [5.41, 5.74) is 8.02. The first-order chi connectivity index (χ1) is 8.29. The molecule has 0 bridgehead atoms. The lowest BCUT2D eigenvalue weighted by molar-refractivity contribution is 0.133. The molecule has 0 saturated heterocycles. The van der Waals surface area contributed by atoms with Crippen molar-refractivity contribution in [2.75, 3.05) is 13.2 Å². The van der Waals surface area contributed by atoms with E-state index >= 15 is 0 Å². The molecule has 3 heteroatoms. The van der Waals surface area contributed by atoms with E-state index in [9.17, 15) is 0 Å². The topological polar surface area (TPSA) is 48.1 Å². The number of hydrogen-bond donors (Lipinski definition) is 1. The number of pyridine rings is 1. The van der Waals surface area contributed by atoms with Crippen LogP contribution in [0, 0.1) is 0 Å². The summed E-state index contributed by atoms with van der Waals surface area (Å²) in [6.07, 6.45) is 0.755. The molecular weight excluding hydrogens is 212 g/mol. The summed E-state index contributed by atoms with van der Waals surface area (Å²) in [6, 6.07) is 12.2. The molecule has 2 N–H and O–H groups in total. The molecule has 0 fully saturated rings. The molecule has 3 nitrogen and oxygen atoms in total. The highest BCUT2D eigenvalue weighted by molar-refractivity contribution is 5.78. The van der Waals surface area contributed by atoms with Gasteiger partial charge in [0, 0.05) is 30.1 Å². The van der Waals surface area contributed by atoms with Crippen LogP contribution in [-0.4, -0.2) is 24.2 Å². The molecule has 1 aromatic carbocycles. The summed E-state index contributed by atoms with van der Waals surface area (Å²) in [5, 5.41) is 1.16. The maximum atomic E-state index is 5.97. The molecule has 1 atom stereocenters. The maximum Gasteiger partial charge on any atom is 0.0705 e. The van der Waals surface area contributed by atoms with Gasteiger partial charge >= 0.3 is 0 Å². The predicted molar refractivity (Wildman–Crippen MR) is 69.9 cm³/mol. The number of nitrogens with zero attached hydrogens (tertiary/aromatic N) is 1. The van der Waals surface area contributed by atoms with Gasteiger partial charge in [0.1, 0.15) is 0 Å². The van der Waals surface area contributed by atoms with E-state index in [2.05, 4.69) is 17.1 Å². The summed E-state index contributed by atoms with van der Waals surface area (Å²) in [6.45, 7) is 3.27. The quantitative estimate of drug-likeness (QED) is 0.856. The summed E-state index contributed by atoms with van der Waals surface area (Å²) < 4.78 is 5.30. The van der Waals surface area contributed by atoms with Gasteiger partial charge in [0.05, 0.1) is 12.1 Å². The second-order valence-corrected chi connectivity index (χ2v) is 4.12. The highest BCUT2D eigenvalue weighted by Gasteiger charge is 2.05. The SMILES string of the molecule is CCOCC(N)Cc1ccc2ccccc2n1. The molecule has 0 aliphatic carbocycles. The van der Waals surface area contributed by atoms with Crippen LogP contribution in [0.1, 0.15) is 12.6 Å². The van der Waals surface area contributed by atoms with Crippen molar-refractivity contribution in [2.45, 2.75) is 19.4 Å². The molecule has 1 aromatic heterocycles. The number of fused-ring (bicyclic) bond motifs is 1. The molecule has 0 saturated carbocycles. The van der Waals surface area contributed by atoms with Crippen molar-refractivity contribution < 1.29 is 4.74 Å². The van der Waals surface area contributed by atoms with E-state index in [-0.39, 0.29) is 6.04 Å². The van der Waals surface area contributed by atoms with Crippen LogP contribution in [-0.2, 0) is 11.2 Å². The van der Waals surface area contributed by atoms with Crippen molar-refractivity contribution in [3.63, 3.8) is 0 Å². The van der Waals surface area contributed by atoms with Crippen LogP contribution in [0.4, 0.5) is 0 Å². The molecule has 0 aliphatic heterocycles. The van der Waals surface area contributed by atoms with E-state index in [1.807, 2.05) is 31.2 Å². The van der Waals surface area contributed by atoms with Gasteiger partial charge in [-0.05, 0) is 19.1 Å². The Morgan fingerprint density at radius 2 is 2.06 bits per heavy atom. The number of aromatic nitrogens is 1. The molecule has 2 aromatic rings. The molecule has 1 unspecified atom stereocenters. The number of ether oxygens (including phenoxy) is 1. The average molecular weight is 230 g/mol. The van der Waals surface area contributed by atoms with Gasteiger partial charge in [-0.25, -0.2) is 0 Å². The highest BCUT2D eigenvalue weighted by atomic mass is 16.5. The Hall–Kier alpha value is -1.45. The van der Waals surface area contributed by atoms with Crippen LogP contribution < -0.4 is 5.73 Å². The molecule has 0 aliphatic rings. The first kappa shape index (κ1) is 12.0. The normalized spacial score (nSPS) is 12.8. The van der Waals surface area contributed by atoms with E-state index in [4.69, 9.17) is 10.5 Å². The summed E-state index contributed by atoms with van der Waals surface area (Å²) in [7, 11) is 0. The first-order valence-electron chi connectivity index (χ1n) is 5.97. The Labute approximate surface area is 102 Å². The summed E-state index contributed by atoms with van der Waals surface area (Å²) in [4.78, 5) is 4.59. The maximum absolute atomic E-state index is 5.97. The predicted octanol–water partition coefficient (Wildman–Crippen LogP) is 2.14. The minimum atomic E-state index is 0.0172. The van der Waals surface area contributed by atoms with Gasteiger partial charge in [0.25, 0.3) is 0 Å². The lowest BCUT2D eigenvalue weighted by Gasteiger charge is -2.11. The second-order valence-electron chi connectivity index (χ2n) is 4.12. The van der Waals surface area contributed by atoms with Crippen molar-refractivity contribution >= 4 is 10.9 Å². The zero-order valence-electron chi connectivity index (χ0n) is 10.1. The third kappa shape index (κ3) is 3.25. The molecule has 17 heavy (non-hydrogen) atoms. The molecule has 2 rings (SSSR count). The van der Waals surface area contributed by atoms with E-state index in [0.717, 1.165) is 23.0 Å². The van der Waals surface area contributed by atoms with Gasteiger partial charge in [0.2, 0.25) is 0 Å². The Kier molecular flexibility index (Phi) is 4.07. The minimum Gasteiger partial charge on any atom is -0.380 e. The van der Waals surface area contributed by atoms with Crippen molar-refractivity contribution in [3.8, 4) is 0 Å². The van der Waals surface area contributed by atoms with E-state index in [1.165, 1.54) is 0 Å². The zero-order chi connectivity index (χ0) is 12.1. The average Bonchev–Trinajstić information content (AvgIpc) is 2.36. The third-order valence-corrected chi connectivity index (χ3v) is 2.66. The number of hydrogen-bond acceptors (Lipinski definition) is 3. The largest absolute Gasteiger partial charge is 0.380 e. The highest BCUT2D eigenvalue weighted by Crippen LogP contribution is 2.12. The van der Waals surface area contributed by atoms with Gasteiger partial charge in [-0.1, -0.05) is 24.3 Å². The molecule has 90 valence electrons. The fraction of sp³-hybridized carbons (Fsp3) is 0.357. The summed E-state index contributed by atoms with van der Waals surface area (Å²) in [5.74, 6) is 0. The lowest BCUT2D eigenvalue weighted by Crippen LogP contribution is -2.29. The monoisotopic (exact) mass is 230 g/mol. The van der Waals surface area contributed by atoms with Gasteiger partial charge < -0.3 is 10.5 Å². The summed E-state index contributed by atoms with van der Waals surface area (Å²) >= 11 is 0. The molecule has 0 spiro atoms. The van der Waals surface area contributed by atoms with Crippen molar-refractivity contribution in [1.29, 1.82) is 0 Å². The number of para-hydroxylation sites is 1. The van der Waals surface area contributed by atoms with Crippen LogP contribution in [0.25, 0.3) is 10.9 Å². The Morgan fingerprint density at radius 3 is 2.88 bits per heavy atom. The molecule has 1 heterocycles. The number of benzene rings is 1. The molecule has 0 amide bonds. The zero-order valence-corrected chi connectivity index (χ0v) is 10.1. The van der Waals surface area contributed by atoms with Crippen LogP contribution in [0.3, 0.4) is 0 Å². The van der Waals surface area contributed by atoms with Crippen LogP contribution >= 0.6 is 0 Å². The Morgan fingerprint density at radius 1 is 1.24 bits per heavy atom. The van der Waals surface area contributed by atoms with Gasteiger partial charge in [-0.2, -0.15) is 0 Å². The van der Waals surface area contributed by atoms with Gasteiger partial charge in [-0.15, -0.1) is 0 Å². The lowest BCUT2D eigenvalue weighted by atomic mass is 10.1. The number of nitrogens with two attached hydrogens (primary N) is 1. The Bertz CT molecular complexity index is 484. The Balaban J connectivity index is 2.08. The fourth-order valence-electron chi connectivity index (χ4n) is 1.82. The van der Waals surface area contributed by atoms with Crippen molar-refractivity contribution in [3.05, 3.63) is 42.1 Å². The molecular formula is C14H18N2O. The van der Waals surface area contributed by atoms with Crippen molar-refractivity contribution in [2.24, 2.45) is 5.73 Å². The van der Waals surface area contributed by atoms with Gasteiger partial charge in [0.15, 0.2) is 0 Å². The minimum absolute atomic E-state index is 0.0172. The van der Waals surface area contributed by atoms with Crippen molar-refractivity contribution in [1.82, 2.24) is 4.98 Å². The van der Waals surface area contributed by atoms with Crippen LogP contribution in [0.15, 0.2) is 36.4 Å².